The normalized spacial score (nSPS) is 24.5. The fraction of sp³-hybridized carbons (Fsp3) is 1.00. The first-order valence-corrected chi connectivity index (χ1v) is 6.54. The summed E-state index contributed by atoms with van der Waals surface area (Å²) in [6, 6.07) is 0. The summed E-state index contributed by atoms with van der Waals surface area (Å²) in [6.07, 6.45) is 6.33. The Morgan fingerprint density at radius 2 is 1.90 bits per heavy atom. The van der Waals surface area contributed by atoms with Crippen molar-refractivity contribution in [2.45, 2.75) is 19.3 Å². The van der Waals surface area contributed by atoms with E-state index in [1.54, 1.807) is 0 Å². The summed E-state index contributed by atoms with van der Waals surface area (Å²) < 4.78 is 0. The largest absolute Gasteiger partial charge is 0.294 e. The molecule has 0 spiro atoms. The first kappa shape index (κ1) is 8.62. The second-order valence-corrected chi connectivity index (χ2v) is 5.99. The lowest BCUT2D eigenvalue weighted by atomic mass is 10.1. The minimum Gasteiger partial charge on any atom is -0.294 e. The highest BCUT2D eigenvalue weighted by molar-refractivity contribution is 8.28. The summed E-state index contributed by atoms with van der Waals surface area (Å²) in [5, 5.41) is 0. The van der Waals surface area contributed by atoms with E-state index in [9.17, 15) is 0 Å². The van der Waals surface area contributed by atoms with E-state index in [2.05, 4.69) is 11.2 Å². The topological polar surface area (TPSA) is 3.24 Å². The molecule has 0 N–H and O–H groups in total. The van der Waals surface area contributed by atoms with Gasteiger partial charge in [-0.15, -0.1) is 9.45 Å². The van der Waals surface area contributed by atoms with E-state index in [4.69, 9.17) is 11.2 Å². The summed E-state index contributed by atoms with van der Waals surface area (Å²) >= 11 is 5.15. The molecule has 1 nitrogen and oxygen atoms in total. The Labute approximate surface area is 70.4 Å². The third-order valence-corrected chi connectivity index (χ3v) is 2.86. The molecule has 1 saturated heterocycles. The van der Waals surface area contributed by atoms with Crippen molar-refractivity contribution < 1.29 is 0 Å². The van der Waals surface area contributed by atoms with Crippen LogP contribution >= 0.6 is 0 Å². The molecule has 1 heterocycles. The van der Waals surface area contributed by atoms with Gasteiger partial charge in [0, 0.05) is 5.88 Å². The molecule has 1 aliphatic heterocycles. The predicted molar refractivity (Wildman–Crippen MR) is 50.9 cm³/mol. The van der Waals surface area contributed by atoms with Crippen LogP contribution in [0.2, 0.25) is 0 Å². The predicted octanol–water partition coefficient (Wildman–Crippen LogP) is 1.14. The highest BCUT2D eigenvalue weighted by Crippen LogP contribution is 2.08. The van der Waals surface area contributed by atoms with Gasteiger partial charge in [0.2, 0.25) is 0 Å². The average molecular weight is 177 g/mol. The molecule has 3 heteroatoms. The van der Waals surface area contributed by atoms with Gasteiger partial charge in [0.25, 0.3) is 0 Å². The van der Waals surface area contributed by atoms with Crippen LogP contribution < -0.4 is 0 Å². The fourth-order valence-electron chi connectivity index (χ4n) is 1.35. The summed E-state index contributed by atoms with van der Waals surface area (Å²) in [5.41, 5.74) is 0. The molecule has 0 aromatic heterocycles. The highest BCUT2D eigenvalue weighted by Gasteiger charge is 2.08. The molecule has 10 heavy (non-hydrogen) atoms. The average Bonchev–Trinajstić information content (AvgIpc) is 1.88. The van der Waals surface area contributed by atoms with Gasteiger partial charge in [-0.3, -0.25) is 4.90 Å². The molecular weight excluding hydrogens is 162 g/mol. The first-order valence-electron chi connectivity index (χ1n) is 3.81. The van der Waals surface area contributed by atoms with Gasteiger partial charge >= 0.3 is 0 Å². The first-order chi connectivity index (χ1) is 4.79. The molecule has 0 aromatic carbocycles. The number of hydrogen-bond acceptors (Lipinski definition) is 2. The SMILES string of the molecule is CS(=S)CN1CCCCC1. The Hall–Kier alpha value is 0.530. The Balaban J connectivity index is 2.19. The minimum atomic E-state index is 0.196. The second kappa shape index (κ2) is 4.42. The van der Waals surface area contributed by atoms with Crippen LogP contribution in [0.25, 0.3) is 0 Å². The van der Waals surface area contributed by atoms with Crippen molar-refractivity contribution in [3.8, 4) is 0 Å². The zero-order valence-corrected chi connectivity index (χ0v) is 8.14. The van der Waals surface area contributed by atoms with Crippen molar-refractivity contribution in [2.24, 2.45) is 0 Å². The van der Waals surface area contributed by atoms with Crippen molar-refractivity contribution >= 4 is 20.6 Å². The van der Waals surface area contributed by atoms with Crippen molar-refractivity contribution in [2.75, 3.05) is 25.2 Å². The lowest BCUT2D eigenvalue weighted by Crippen LogP contribution is -2.31. The van der Waals surface area contributed by atoms with E-state index >= 15 is 0 Å². The van der Waals surface area contributed by atoms with Crippen molar-refractivity contribution in [1.82, 2.24) is 4.90 Å². The van der Waals surface area contributed by atoms with Crippen molar-refractivity contribution in [1.29, 1.82) is 0 Å². The zero-order valence-electron chi connectivity index (χ0n) is 6.51. The van der Waals surface area contributed by atoms with Crippen LogP contribution in [0.4, 0.5) is 0 Å². The smallest absolute Gasteiger partial charge is 0.0487 e. The second-order valence-electron chi connectivity index (χ2n) is 2.88. The Bertz CT molecular complexity index is 119. The molecule has 1 atom stereocenters. The lowest BCUT2D eigenvalue weighted by molar-refractivity contribution is 0.266. The van der Waals surface area contributed by atoms with Gasteiger partial charge in [0.1, 0.15) is 0 Å². The number of likely N-dealkylation sites (tertiary alicyclic amines) is 1. The Morgan fingerprint density at radius 1 is 1.30 bits per heavy atom. The third-order valence-electron chi connectivity index (χ3n) is 1.81. The van der Waals surface area contributed by atoms with Gasteiger partial charge in [-0.05, 0) is 32.2 Å². The molecule has 1 unspecified atom stereocenters. The number of rotatable bonds is 2. The minimum absolute atomic E-state index is 0.196. The Kier molecular flexibility index (Phi) is 3.81. The molecule has 0 radical (unpaired) electrons. The number of hydrogen-bond donors (Lipinski definition) is 0. The van der Waals surface area contributed by atoms with Crippen LogP contribution in [0.15, 0.2) is 0 Å². The van der Waals surface area contributed by atoms with Crippen LogP contribution in [-0.2, 0) is 20.6 Å². The van der Waals surface area contributed by atoms with E-state index in [1.807, 2.05) is 0 Å². The maximum absolute atomic E-state index is 5.15. The quantitative estimate of drug-likeness (QED) is 0.622. The van der Waals surface area contributed by atoms with Gasteiger partial charge in [0.15, 0.2) is 0 Å². The molecule has 0 amide bonds. The standard InChI is InChI=1S/C7H15NS2/c1-10(9)7-8-5-3-2-4-6-8/h2-7H2,1H3. The lowest BCUT2D eigenvalue weighted by Gasteiger charge is -2.25. The van der Waals surface area contributed by atoms with E-state index in [0.717, 1.165) is 5.88 Å². The fourth-order valence-corrected chi connectivity index (χ4v) is 2.57. The molecule has 60 valence electrons. The molecule has 0 aromatic rings. The molecule has 0 bridgehead atoms. The van der Waals surface area contributed by atoms with Crippen LogP contribution in [-0.4, -0.2) is 30.1 Å². The van der Waals surface area contributed by atoms with Crippen LogP contribution in [0.3, 0.4) is 0 Å². The number of nitrogens with zero attached hydrogens (tertiary/aromatic N) is 1. The summed E-state index contributed by atoms with van der Waals surface area (Å²) in [4.78, 5) is 2.50. The van der Waals surface area contributed by atoms with Crippen LogP contribution in [0, 0.1) is 0 Å². The van der Waals surface area contributed by atoms with Crippen LogP contribution in [0.5, 0.6) is 0 Å². The molecule has 1 aliphatic rings. The van der Waals surface area contributed by atoms with Gasteiger partial charge in [-0.2, -0.15) is 0 Å². The van der Waals surface area contributed by atoms with Crippen LogP contribution in [0.1, 0.15) is 19.3 Å². The van der Waals surface area contributed by atoms with E-state index in [1.165, 1.54) is 32.4 Å². The monoisotopic (exact) mass is 177 g/mol. The number of piperidine rings is 1. The summed E-state index contributed by atoms with van der Waals surface area (Å²) in [5.74, 6) is 1.15. The maximum atomic E-state index is 5.15. The molecular formula is C7H15NS2. The molecule has 1 fully saturated rings. The molecule has 0 aliphatic carbocycles. The van der Waals surface area contributed by atoms with Gasteiger partial charge in [-0.1, -0.05) is 17.6 Å². The molecule has 0 saturated carbocycles. The van der Waals surface area contributed by atoms with E-state index in [-0.39, 0.29) is 9.45 Å². The van der Waals surface area contributed by atoms with E-state index < -0.39 is 0 Å². The third kappa shape index (κ3) is 3.08. The van der Waals surface area contributed by atoms with Gasteiger partial charge in [-0.25, -0.2) is 0 Å². The zero-order chi connectivity index (χ0) is 7.40. The van der Waals surface area contributed by atoms with E-state index in [0.29, 0.717) is 0 Å². The maximum Gasteiger partial charge on any atom is 0.0487 e. The Morgan fingerprint density at radius 3 is 2.40 bits per heavy atom. The van der Waals surface area contributed by atoms with Crippen molar-refractivity contribution in [3.05, 3.63) is 0 Å². The van der Waals surface area contributed by atoms with Gasteiger partial charge in [0.05, 0.1) is 0 Å². The summed E-state index contributed by atoms with van der Waals surface area (Å²) in [7, 11) is 0.196. The summed E-state index contributed by atoms with van der Waals surface area (Å²) in [6.45, 7) is 2.57. The van der Waals surface area contributed by atoms with Crippen molar-refractivity contribution in [3.63, 3.8) is 0 Å². The van der Waals surface area contributed by atoms with Gasteiger partial charge < -0.3 is 0 Å². The highest BCUT2D eigenvalue weighted by atomic mass is 32.8. The molecule has 1 rings (SSSR count).